The van der Waals surface area contributed by atoms with Gasteiger partial charge in [-0.25, -0.2) is 9.97 Å². The summed E-state index contributed by atoms with van der Waals surface area (Å²) in [5.41, 5.74) is 1.37. The standard InChI is InChI=1S/C15H14BrN3O2/c1-2-21-15(20)11(4-3-7-17)14-12-8-10(16)5-6-13(12)18-9-19-14/h5-6,8-9,11H,2-4H2,1H3. The lowest BCUT2D eigenvalue weighted by Crippen LogP contribution is -2.17. The fourth-order valence-corrected chi connectivity index (χ4v) is 2.51. The first kappa shape index (κ1) is 15.4. The summed E-state index contributed by atoms with van der Waals surface area (Å²) >= 11 is 3.41. The molecule has 1 unspecified atom stereocenters. The second-order valence-electron chi connectivity index (χ2n) is 4.42. The van der Waals surface area contributed by atoms with Crippen LogP contribution in [0.1, 0.15) is 31.4 Å². The maximum atomic E-state index is 12.2. The van der Waals surface area contributed by atoms with Crippen LogP contribution in [0.3, 0.4) is 0 Å². The zero-order valence-corrected chi connectivity index (χ0v) is 13.1. The Bertz CT molecular complexity index is 697. The predicted octanol–water partition coefficient (Wildman–Crippen LogP) is 3.34. The topological polar surface area (TPSA) is 75.9 Å². The van der Waals surface area contributed by atoms with Crippen molar-refractivity contribution in [3.05, 3.63) is 34.7 Å². The molecule has 0 spiro atoms. The summed E-state index contributed by atoms with van der Waals surface area (Å²) in [6.07, 6.45) is 2.08. The molecule has 1 atom stereocenters. The number of ether oxygens (including phenoxy) is 1. The minimum Gasteiger partial charge on any atom is -0.465 e. The Morgan fingerprint density at radius 1 is 1.48 bits per heavy atom. The minimum atomic E-state index is -0.551. The van der Waals surface area contributed by atoms with Crippen molar-refractivity contribution >= 4 is 32.8 Å². The SMILES string of the molecule is CCOC(=O)C(CCC#N)c1ncnc2ccc(Br)cc12. The van der Waals surface area contributed by atoms with Crippen LogP contribution in [-0.4, -0.2) is 22.5 Å². The zero-order chi connectivity index (χ0) is 15.2. The van der Waals surface area contributed by atoms with Crippen molar-refractivity contribution in [2.75, 3.05) is 6.61 Å². The highest BCUT2D eigenvalue weighted by molar-refractivity contribution is 9.10. The molecule has 2 rings (SSSR count). The van der Waals surface area contributed by atoms with Crippen LogP contribution in [0.5, 0.6) is 0 Å². The summed E-state index contributed by atoms with van der Waals surface area (Å²) in [6, 6.07) is 7.68. The number of aromatic nitrogens is 2. The molecule has 0 aliphatic rings. The highest BCUT2D eigenvalue weighted by Gasteiger charge is 2.25. The molecule has 1 aromatic heterocycles. The molecule has 6 heteroatoms. The quantitative estimate of drug-likeness (QED) is 0.775. The van der Waals surface area contributed by atoms with Crippen LogP contribution in [0, 0.1) is 11.3 Å². The van der Waals surface area contributed by atoms with Gasteiger partial charge in [-0.05, 0) is 31.5 Å². The Hall–Kier alpha value is -2.00. The van der Waals surface area contributed by atoms with Crippen LogP contribution >= 0.6 is 15.9 Å². The number of fused-ring (bicyclic) bond motifs is 1. The first-order valence-electron chi connectivity index (χ1n) is 6.61. The van der Waals surface area contributed by atoms with Crippen molar-refractivity contribution in [3.63, 3.8) is 0 Å². The van der Waals surface area contributed by atoms with E-state index < -0.39 is 5.92 Å². The van der Waals surface area contributed by atoms with Crippen LogP contribution in [-0.2, 0) is 9.53 Å². The van der Waals surface area contributed by atoms with Gasteiger partial charge in [-0.15, -0.1) is 0 Å². The Morgan fingerprint density at radius 2 is 2.29 bits per heavy atom. The fourth-order valence-electron chi connectivity index (χ4n) is 2.14. The minimum absolute atomic E-state index is 0.267. The summed E-state index contributed by atoms with van der Waals surface area (Å²) in [5, 5.41) is 9.58. The highest BCUT2D eigenvalue weighted by Crippen LogP contribution is 2.29. The van der Waals surface area contributed by atoms with Gasteiger partial charge in [0, 0.05) is 16.3 Å². The van der Waals surface area contributed by atoms with Gasteiger partial charge in [-0.3, -0.25) is 4.79 Å². The van der Waals surface area contributed by atoms with E-state index in [9.17, 15) is 4.79 Å². The van der Waals surface area contributed by atoms with Crippen LogP contribution in [0.4, 0.5) is 0 Å². The highest BCUT2D eigenvalue weighted by atomic mass is 79.9. The summed E-state index contributed by atoms with van der Waals surface area (Å²) in [7, 11) is 0. The molecule has 0 saturated carbocycles. The molecule has 1 heterocycles. The van der Waals surface area contributed by atoms with Crippen LogP contribution in [0.2, 0.25) is 0 Å². The van der Waals surface area contributed by atoms with E-state index in [1.165, 1.54) is 6.33 Å². The van der Waals surface area contributed by atoms with Crippen molar-refractivity contribution in [3.8, 4) is 6.07 Å². The van der Waals surface area contributed by atoms with Crippen LogP contribution in [0.25, 0.3) is 10.9 Å². The number of carbonyl (C=O) groups is 1. The Balaban J connectivity index is 2.50. The molecule has 0 N–H and O–H groups in total. The van der Waals surface area contributed by atoms with E-state index in [2.05, 4.69) is 32.0 Å². The third-order valence-corrected chi connectivity index (χ3v) is 3.57. The summed E-state index contributed by atoms with van der Waals surface area (Å²) < 4.78 is 6.00. The molecule has 1 aromatic carbocycles. The molecule has 21 heavy (non-hydrogen) atoms. The average molecular weight is 348 g/mol. The average Bonchev–Trinajstić information content (AvgIpc) is 2.48. The summed E-state index contributed by atoms with van der Waals surface area (Å²) in [6.45, 7) is 2.06. The van der Waals surface area contributed by atoms with Crippen molar-refractivity contribution in [2.45, 2.75) is 25.7 Å². The molecule has 0 aliphatic carbocycles. The van der Waals surface area contributed by atoms with Gasteiger partial charge in [0.1, 0.15) is 12.2 Å². The van der Waals surface area contributed by atoms with E-state index in [0.29, 0.717) is 18.7 Å². The molecule has 0 aliphatic heterocycles. The number of hydrogen-bond acceptors (Lipinski definition) is 5. The second-order valence-corrected chi connectivity index (χ2v) is 5.34. The first-order chi connectivity index (χ1) is 10.2. The molecule has 0 saturated heterocycles. The van der Waals surface area contributed by atoms with Gasteiger partial charge < -0.3 is 4.74 Å². The number of hydrogen-bond donors (Lipinski definition) is 0. The molecule has 108 valence electrons. The van der Waals surface area contributed by atoms with Gasteiger partial charge in [-0.2, -0.15) is 5.26 Å². The van der Waals surface area contributed by atoms with Gasteiger partial charge in [0.2, 0.25) is 0 Å². The van der Waals surface area contributed by atoms with Crippen molar-refractivity contribution < 1.29 is 9.53 Å². The Morgan fingerprint density at radius 3 is 3.00 bits per heavy atom. The monoisotopic (exact) mass is 347 g/mol. The first-order valence-corrected chi connectivity index (χ1v) is 7.40. The number of benzene rings is 1. The molecule has 0 radical (unpaired) electrons. The molecular weight excluding hydrogens is 334 g/mol. The molecular formula is C15H14BrN3O2. The van der Waals surface area contributed by atoms with Crippen molar-refractivity contribution in [1.29, 1.82) is 5.26 Å². The van der Waals surface area contributed by atoms with Gasteiger partial charge in [-0.1, -0.05) is 15.9 Å². The number of carbonyl (C=O) groups excluding carboxylic acids is 1. The number of nitrogens with zero attached hydrogens (tertiary/aromatic N) is 3. The number of nitriles is 1. The largest absolute Gasteiger partial charge is 0.465 e. The normalized spacial score (nSPS) is 11.9. The van der Waals surface area contributed by atoms with E-state index in [-0.39, 0.29) is 12.4 Å². The van der Waals surface area contributed by atoms with Crippen molar-refractivity contribution in [2.24, 2.45) is 0 Å². The maximum absolute atomic E-state index is 12.2. The maximum Gasteiger partial charge on any atom is 0.315 e. The lowest BCUT2D eigenvalue weighted by molar-refractivity contribution is -0.145. The second kappa shape index (κ2) is 7.14. The van der Waals surface area contributed by atoms with Crippen molar-refractivity contribution in [1.82, 2.24) is 9.97 Å². The van der Waals surface area contributed by atoms with Gasteiger partial charge in [0.25, 0.3) is 0 Å². The number of rotatable bonds is 5. The van der Waals surface area contributed by atoms with Gasteiger partial charge >= 0.3 is 5.97 Å². The van der Waals surface area contributed by atoms with E-state index >= 15 is 0 Å². The summed E-state index contributed by atoms with van der Waals surface area (Å²) in [5.74, 6) is -0.905. The number of halogens is 1. The zero-order valence-electron chi connectivity index (χ0n) is 11.5. The predicted molar refractivity (Wildman–Crippen MR) is 81.5 cm³/mol. The van der Waals surface area contributed by atoms with E-state index in [0.717, 1.165) is 15.4 Å². The fraction of sp³-hybridized carbons (Fsp3) is 0.333. The lowest BCUT2D eigenvalue weighted by Gasteiger charge is -2.15. The molecule has 5 nitrogen and oxygen atoms in total. The lowest BCUT2D eigenvalue weighted by atomic mass is 9.96. The van der Waals surface area contributed by atoms with Crippen LogP contribution < -0.4 is 0 Å². The molecule has 2 aromatic rings. The van der Waals surface area contributed by atoms with Gasteiger partial charge in [0.05, 0.1) is 23.9 Å². The molecule has 0 amide bonds. The molecule has 0 bridgehead atoms. The third-order valence-electron chi connectivity index (χ3n) is 3.07. The van der Waals surface area contributed by atoms with E-state index in [4.69, 9.17) is 10.00 Å². The Labute approximate surface area is 131 Å². The Kier molecular flexibility index (Phi) is 5.23. The van der Waals surface area contributed by atoms with E-state index in [1.807, 2.05) is 18.2 Å². The van der Waals surface area contributed by atoms with Crippen LogP contribution in [0.15, 0.2) is 29.0 Å². The molecule has 0 fully saturated rings. The third kappa shape index (κ3) is 3.56. The smallest absolute Gasteiger partial charge is 0.315 e. The van der Waals surface area contributed by atoms with E-state index in [1.54, 1.807) is 6.92 Å². The number of esters is 1. The van der Waals surface area contributed by atoms with Gasteiger partial charge in [0.15, 0.2) is 0 Å². The summed E-state index contributed by atoms with van der Waals surface area (Å²) in [4.78, 5) is 20.6.